The number of aromatic nitrogens is 1. The van der Waals surface area contributed by atoms with Crippen LogP contribution in [0.15, 0.2) is 23.6 Å². The fourth-order valence-corrected chi connectivity index (χ4v) is 3.04. The largest absolute Gasteiger partial charge is 0.486 e. The van der Waals surface area contributed by atoms with Crippen LogP contribution in [0, 0.1) is 0 Å². The van der Waals surface area contributed by atoms with E-state index in [0.29, 0.717) is 19.8 Å². The summed E-state index contributed by atoms with van der Waals surface area (Å²) in [5.74, 6) is 1.69. The molecular formula is C16H20N2O3S. The van der Waals surface area contributed by atoms with Crippen molar-refractivity contribution in [1.82, 2.24) is 4.98 Å². The highest BCUT2D eigenvalue weighted by atomic mass is 32.1. The van der Waals surface area contributed by atoms with Crippen LogP contribution in [0.1, 0.15) is 11.3 Å². The van der Waals surface area contributed by atoms with E-state index in [1.807, 2.05) is 6.07 Å². The Morgan fingerprint density at radius 1 is 1.23 bits per heavy atom. The Bertz CT molecular complexity index is 615. The van der Waals surface area contributed by atoms with Crippen molar-refractivity contribution in [3.63, 3.8) is 0 Å². The molecule has 0 atom stereocenters. The first-order chi connectivity index (χ1) is 10.8. The average Bonchev–Trinajstić information content (AvgIpc) is 3.00. The van der Waals surface area contributed by atoms with Crippen molar-refractivity contribution < 1.29 is 14.2 Å². The summed E-state index contributed by atoms with van der Waals surface area (Å²) in [5.41, 5.74) is 2.31. The number of fused-ring (bicyclic) bond motifs is 1. The summed E-state index contributed by atoms with van der Waals surface area (Å²) in [7, 11) is 1.71. The first kappa shape index (κ1) is 15.1. The van der Waals surface area contributed by atoms with Crippen molar-refractivity contribution in [2.24, 2.45) is 0 Å². The minimum absolute atomic E-state index is 0.623. The average molecular weight is 320 g/mol. The zero-order valence-corrected chi connectivity index (χ0v) is 13.4. The number of nitrogens with one attached hydrogen (secondary N) is 1. The van der Waals surface area contributed by atoms with Crippen LogP contribution < -0.4 is 14.8 Å². The predicted molar refractivity (Wildman–Crippen MR) is 87.3 cm³/mol. The van der Waals surface area contributed by atoms with Gasteiger partial charge in [0.15, 0.2) is 16.6 Å². The summed E-state index contributed by atoms with van der Waals surface area (Å²) in [6.07, 6.45) is 1.78. The Hall–Kier alpha value is -1.79. The Kier molecular flexibility index (Phi) is 5.13. The number of anilines is 1. The van der Waals surface area contributed by atoms with Gasteiger partial charge in [-0.25, -0.2) is 4.98 Å². The monoisotopic (exact) mass is 320 g/mol. The number of nitrogens with zero attached hydrogens (tertiary/aromatic N) is 1. The van der Waals surface area contributed by atoms with E-state index in [1.54, 1.807) is 18.4 Å². The summed E-state index contributed by atoms with van der Waals surface area (Å²) in [6, 6.07) is 6.12. The molecule has 0 saturated heterocycles. The molecule has 0 fully saturated rings. The van der Waals surface area contributed by atoms with Gasteiger partial charge in [0.1, 0.15) is 13.2 Å². The summed E-state index contributed by atoms with van der Waals surface area (Å²) in [6.45, 7) is 2.80. The fourth-order valence-electron chi connectivity index (χ4n) is 2.27. The molecule has 0 unspecified atom stereocenters. The number of benzene rings is 1. The van der Waals surface area contributed by atoms with Gasteiger partial charge in [0.25, 0.3) is 0 Å². The van der Waals surface area contributed by atoms with Gasteiger partial charge in [-0.2, -0.15) is 0 Å². The van der Waals surface area contributed by atoms with Gasteiger partial charge < -0.3 is 19.5 Å². The molecule has 0 saturated carbocycles. The zero-order valence-electron chi connectivity index (χ0n) is 12.6. The van der Waals surface area contributed by atoms with E-state index >= 15 is 0 Å². The topological polar surface area (TPSA) is 52.6 Å². The summed E-state index contributed by atoms with van der Waals surface area (Å²) < 4.78 is 16.2. The fraction of sp³-hybridized carbons (Fsp3) is 0.438. The van der Waals surface area contributed by atoms with Crippen molar-refractivity contribution in [1.29, 1.82) is 0 Å². The molecule has 1 aromatic carbocycles. The van der Waals surface area contributed by atoms with Crippen LogP contribution >= 0.6 is 11.3 Å². The van der Waals surface area contributed by atoms with Crippen LogP contribution in [0.2, 0.25) is 0 Å². The van der Waals surface area contributed by atoms with Crippen LogP contribution in [0.4, 0.5) is 5.13 Å². The number of thiazole rings is 1. The lowest BCUT2D eigenvalue weighted by atomic mass is 10.1. The molecule has 2 aromatic rings. The normalized spacial score (nSPS) is 13.1. The molecule has 0 bridgehead atoms. The SMILES string of the molecule is COCCc1csc(NCCc2ccc3c(c2)OCCO3)n1. The van der Waals surface area contributed by atoms with E-state index in [-0.39, 0.29) is 0 Å². The minimum Gasteiger partial charge on any atom is -0.486 e. The molecule has 0 spiro atoms. The highest BCUT2D eigenvalue weighted by Gasteiger charge is 2.11. The number of hydrogen-bond acceptors (Lipinski definition) is 6. The highest BCUT2D eigenvalue weighted by molar-refractivity contribution is 7.13. The standard InChI is InChI=1S/C16H20N2O3S/c1-19-7-5-13-11-22-16(18-13)17-6-4-12-2-3-14-15(10-12)21-9-8-20-14/h2-3,10-11H,4-9H2,1H3,(H,17,18). The van der Waals surface area contributed by atoms with Crippen LogP contribution in [0.25, 0.3) is 0 Å². The van der Waals surface area contributed by atoms with Crippen LogP contribution in [-0.2, 0) is 17.6 Å². The van der Waals surface area contributed by atoms with E-state index in [4.69, 9.17) is 14.2 Å². The maximum absolute atomic E-state index is 5.60. The van der Waals surface area contributed by atoms with Crippen molar-refractivity contribution in [3.8, 4) is 11.5 Å². The smallest absolute Gasteiger partial charge is 0.182 e. The van der Waals surface area contributed by atoms with E-state index in [9.17, 15) is 0 Å². The van der Waals surface area contributed by atoms with Crippen LogP contribution in [0.3, 0.4) is 0 Å². The lowest BCUT2D eigenvalue weighted by molar-refractivity contribution is 0.171. The van der Waals surface area contributed by atoms with Crippen molar-refractivity contribution in [3.05, 3.63) is 34.8 Å². The molecule has 1 aromatic heterocycles. The van der Waals surface area contributed by atoms with E-state index in [1.165, 1.54) is 5.56 Å². The number of hydrogen-bond donors (Lipinski definition) is 1. The lowest BCUT2D eigenvalue weighted by Gasteiger charge is -2.18. The summed E-state index contributed by atoms with van der Waals surface area (Å²) >= 11 is 1.64. The molecule has 0 radical (unpaired) electrons. The molecule has 6 heteroatoms. The first-order valence-electron chi connectivity index (χ1n) is 7.41. The molecule has 0 amide bonds. The number of rotatable bonds is 7. The third kappa shape index (κ3) is 3.90. The van der Waals surface area contributed by atoms with E-state index in [2.05, 4.69) is 27.8 Å². The molecule has 1 aliphatic rings. The van der Waals surface area contributed by atoms with Gasteiger partial charge >= 0.3 is 0 Å². The lowest BCUT2D eigenvalue weighted by Crippen LogP contribution is -2.15. The number of ether oxygens (including phenoxy) is 3. The second-order valence-electron chi connectivity index (χ2n) is 5.04. The predicted octanol–water partition coefficient (Wildman–Crippen LogP) is 2.76. The molecule has 1 N–H and O–H groups in total. The van der Waals surface area contributed by atoms with Gasteiger partial charge in [-0.15, -0.1) is 11.3 Å². The molecule has 3 rings (SSSR count). The van der Waals surface area contributed by atoms with Crippen LogP contribution in [0.5, 0.6) is 11.5 Å². The molecule has 118 valence electrons. The first-order valence-corrected chi connectivity index (χ1v) is 8.29. The summed E-state index contributed by atoms with van der Waals surface area (Å²) in [4.78, 5) is 4.53. The zero-order chi connectivity index (χ0) is 15.2. The van der Waals surface area contributed by atoms with Crippen molar-refractivity contribution >= 4 is 16.5 Å². The molecule has 5 nitrogen and oxygen atoms in total. The van der Waals surface area contributed by atoms with Gasteiger partial charge in [-0.05, 0) is 24.1 Å². The second kappa shape index (κ2) is 7.47. The van der Waals surface area contributed by atoms with Crippen molar-refractivity contribution in [2.75, 3.05) is 38.8 Å². The van der Waals surface area contributed by atoms with Gasteiger partial charge in [-0.1, -0.05) is 6.07 Å². The Morgan fingerprint density at radius 3 is 2.95 bits per heavy atom. The Labute approximate surface area is 134 Å². The third-order valence-corrected chi connectivity index (χ3v) is 4.26. The third-order valence-electron chi connectivity index (χ3n) is 3.41. The maximum atomic E-state index is 5.60. The molecule has 2 heterocycles. The molecule has 1 aliphatic heterocycles. The number of methoxy groups -OCH3 is 1. The Morgan fingerprint density at radius 2 is 2.09 bits per heavy atom. The van der Waals surface area contributed by atoms with Gasteiger partial charge in [0.05, 0.1) is 12.3 Å². The summed E-state index contributed by atoms with van der Waals surface area (Å²) in [5, 5.41) is 6.40. The molecule has 0 aliphatic carbocycles. The maximum Gasteiger partial charge on any atom is 0.182 e. The molecular weight excluding hydrogens is 300 g/mol. The minimum atomic E-state index is 0.623. The van der Waals surface area contributed by atoms with Gasteiger partial charge in [-0.3, -0.25) is 0 Å². The van der Waals surface area contributed by atoms with Crippen LogP contribution in [-0.4, -0.2) is 38.5 Å². The van der Waals surface area contributed by atoms with Gasteiger partial charge in [0.2, 0.25) is 0 Å². The Balaban J connectivity index is 1.49. The highest BCUT2D eigenvalue weighted by Crippen LogP contribution is 2.30. The second-order valence-corrected chi connectivity index (χ2v) is 5.90. The quantitative estimate of drug-likeness (QED) is 0.850. The van der Waals surface area contributed by atoms with E-state index < -0.39 is 0 Å². The molecule has 22 heavy (non-hydrogen) atoms. The van der Waals surface area contributed by atoms with E-state index in [0.717, 1.165) is 41.7 Å². The van der Waals surface area contributed by atoms with Crippen molar-refractivity contribution in [2.45, 2.75) is 12.8 Å². The van der Waals surface area contributed by atoms with Gasteiger partial charge in [0, 0.05) is 25.5 Å².